The zero-order chi connectivity index (χ0) is 49.2. The summed E-state index contributed by atoms with van der Waals surface area (Å²) in [6.07, 6.45) is 57.2. The number of carbonyl (C=O) groups excluding carboxylic acids is 1. The van der Waals surface area contributed by atoms with E-state index in [4.69, 9.17) is 18.9 Å². The maximum atomic E-state index is 12.9. The van der Waals surface area contributed by atoms with Gasteiger partial charge in [-0.15, -0.1) is 0 Å². The van der Waals surface area contributed by atoms with Gasteiger partial charge >= 0.3 is 5.97 Å². The van der Waals surface area contributed by atoms with Gasteiger partial charge in [-0.2, -0.15) is 0 Å². The smallest absolute Gasteiger partial charge is 0.306 e. The van der Waals surface area contributed by atoms with Crippen molar-refractivity contribution in [1.29, 1.82) is 0 Å². The molecule has 0 saturated carbocycles. The van der Waals surface area contributed by atoms with Gasteiger partial charge in [0.25, 0.3) is 0 Å². The number of esters is 1. The van der Waals surface area contributed by atoms with E-state index in [1.54, 1.807) is 0 Å². The Morgan fingerprint density at radius 3 is 1.29 bits per heavy atom. The van der Waals surface area contributed by atoms with Gasteiger partial charge in [-0.3, -0.25) is 4.79 Å². The van der Waals surface area contributed by atoms with Gasteiger partial charge in [0.05, 0.1) is 19.8 Å². The second-order valence-electron chi connectivity index (χ2n) is 19.7. The van der Waals surface area contributed by atoms with E-state index in [9.17, 15) is 25.2 Å². The van der Waals surface area contributed by atoms with Crippen LogP contribution in [0.5, 0.6) is 0 Å². The molecule has 68 heavy (non-hydrogen) atoms. The Kier molecular flexibility index (Phi) is 47.3. The van der Waals surface area contributed by atoms with Crippen molar-refractivity contribution in [3.8, 4) is 0 Å². The highest BCUT2D eigenvalue weighted by Gasteiger charge is 2.44. The molecule has 4 N–H and O–H groups in total. The highest BCUT2D eigenvalue weighted by Crippen LogP contribution is 2.23. The van der Waals surface area contributed by atoms with E-state index in [1.165, 1.54) is 193 Å². The van der Waals surface area contributed by atoms with Crippen LogP contribution in [0, 0.1) is 0 Å². The Morgan fingerprint density at radius 2 is 0.853 bits per heavy atom. The topological polar surface area (TPSA) is 135 Å². The fourth-order valence-electron chi connectivity index (χ4n) is 8.73. The molecule has 1 aliphatic rings. The molecule has 398 valence electrons. The lowest BCUT2D eigenvalue weighted by molar-refractivity contribution is -0.305. The molecule has 0 bridgehead atoms. The minimum atomic E-state index is -1.54. The number of carbonyl (C=O) groups is 1. The lowest BCUT2D eigenvalue weighted by Gasteiger charge is -2.39. The van der Waals surface area contributed by atoms with Crippen LogP contribution in [0.4, 0.5) is 0 Å². The van der Waals surface area contributed by atoms with Gasteiger partial charge in [0.1, 0.15) is 30.5 Å². The van der Waals surface area contributed by atoms with Crippen LogP contribution in [0.2, 0.25) is 0 Å². The number of aliphatic hydroxyl groups excluding tert-OH is 4. The summed E-state index contributed by atoms with van der Waals surface area (Å²) in [7, 11) is 0. The van der Waals surface area contributed by atoms with Crippen molar-refractivity contribution >= 4 is 5.97 Å². The van der Waals surface area contributed by atoms with Crippen molar-refractivity contribution in [2.75, 3.05) is 26.4 Å². The van der Waals surface area contributed by atoms with Crippen LogP contribution in [0.1, 0.15) is 258 Å². The van der Waals surface area contributed by atoms with Crippen LogP contribution in [-0.4, -0.2) is 89.6 Å². The normalized spacial score (nSPS) is 19.4. The van der Waals surface area contributed by atoms with Crippen LogP contribution in [0.3, 0.4) is 0 Å². The Balaban J connectivity index is 2.16. The Bertz CT molecular complexity index is 1180. The zero-order valence-electron chi connectivity index (χ0n) is 44.1. The van der Waals surface area contributed by atoms with E-state index in [1.807, 2.05) is 0 Å². The molecule has 1 aliphatic heterocycles. The number of aliphatic hydroxyl groups is 4. The first-order chi connectivity index (χ1) is 33.4. The molecule has 1 fully saturated rings. The molecule has 0 aromatic rings. The van der Waals surface area contributed by atoms with Crippen molar-refractivity contribution in [2.45, 2.75) is 295 Å². The highest BCUT2D eigenvalue weighted by atomic mass is 16.7. The van der Waals surface area contributed by atoms with Crippen molar-refractivity contribution in [3.05, 3.63) is 48.6 Å². The maximum Gasteiger partial charge on any atom is 0.306 e. The van der Waals surface area contributed by atoms with Crippen LogP contribution in [0.25, 0.3) is 0 Å². The second-order valence-corrected chi connectivity index (χ2v) is 19.7. The van der Waals surface area contributed by atoms with Crippen molar-refractivity contribution in [1.82, 2.24) is 0 Å². The van der Waals surface area contributed by atoms with Crippen LogP contribution in [0.15, 0.2) is 48.6 Å². The molecule has 9 nitrogen and oxygen atoms in total. The Labute approximate surface area is 418 Å². The summed E-state index contributed by atoms with van der Waals surface area (Å²) in [5.74, 6) is -0.315. The van der Waals surface area contributed by atoms with Crippen molar-refractivity contribution < 1.29 is 44.2 Å². The molecule has 1 heterocycles. The third-order valence-corrected chi connectivity index (χ3v) is 13.2. The first kappa shape index (κ1) is 64.2. The summed E-state index contributed by atoms with van der Waals surface area (Å²) in [5, 5.41) is 40.3. The number of unbranched alkanes of at least 4 members (excludes halogenated alkanes) is 31. The van der Waals surface area contributed by atoms with Crippen LogP contribution < -0.4 is 0 Å². The van der Waals surface area contributed by atoms with Gasteiger partial charge in [0.15, 0.2) is 6.29 Å². The molecule has 6 atom stereocenters. The van der Waals surface area contributed by atoms with Gasteiger partial charge < -0.3 is 39.4 Å². The summed E-state index contributed by atoms with van der Waals surface area (Å²) in [5.41, 5.74) is 0. The van der Waals surface area contributed by atoms with Crippen molar-refractivity contribution in [2.24, 2.45) is 0 Å². The van der Waals surface area contributed by atoms with E-state index in [0.717, 1.165) is 44.9 Å². The van der Waals surface area contributed by atoms with Gasteiger partial charge in [-0.25, -0.2) is 0 Å². The van der Waals surface area contributed by atoms with E-state index < -0.39 is 43.4 Å². The molecule has 1 rings (SSSR count). The third-order valence-electron chi connectivity index (χ3n) is 13.2. The maximum absolute atomic E-state index is 12.9. The summed E-state index contributed by atoms with van der Waals surface area (Å²) in [6.45, 7) is 4.57. The van der Waals surface area contributed by atoms with Gasteiger partial charge in [0, 0.05) is 13.0 Å². The molecule has 0 radical (unpaired) electrons. The molecule has 9 heteroatoms. The minimum absolute atomic E-state index is 0.115. The van der Waals surface area contributed by atoms with Crippen LogP contribution in [-0.2, 0) is 23.7 Å². The Morgan fingerprint density at radius 1 is 0.471 bits per heavy atom. The molecule has 0 aliphatic carbocycles. The quantitative estimate of drug-likeness (QED) is 0.0267. The standard InChI is InChI=1S/C59H108O9/c1-3-5-7-9-11-13-15-17-19-21-23-25-26-27-28-29-30-32-34-36-38-40-42-44-46-48-55(61)67-53(52-66-59-58(64)57(63)56(62)54(50-60)68-59)51-65-49-47-45-43-41-39-37-35-33-31-24-22-20-18-16-14-12-10-8-6-4-2/h15,17-18,20-21,23,26-27,53-54,56-60,62-64H,3-14,16,19,22,24-25,28-52H2,1-2H3/b17-15-,20-18-,23-21-,27-26-. The minimum Gasteiger partial charge on any atom is -0.457 e. The molecular weight excluding hydrogens is 853 g/mol. The summed E-state index contributed by atoms with van der Waals surface area (Å²) < 4.78 is 23.0. The molecule has 0 aromatic heterocycles. The summed E-state index contributed by atoms with van der Waals surface area (Å²) >= 11 is 0. The second kappa shape index (κ2) is 50.1. The van der Waals surface area contributed by atoms with Gasteiger partial charge in [0.2, 0.25) is 0 Å². The van der Waals surface area contributed by atoms with E-state index in [0.29, 0.717) is 13.0 Å². The average molecular weight is 962 g/mol. The predicted molar refractivity (Wildman–Crippen MR) is 284 cm³/mol. The highest BCUT2D eigenvalue weighted by molar-refractivity contribution is 5.69. The molecule has 6 unspecified atom stereocenters. The number of allylic oxidation sites excluding steroid dienone is 8. The monoisotopic (exact) mass is 961 g/mol. The molecule has 0 aromatic carbocycles. The average Bonchev–Trinajstić information content (AvgIpc) is 3.34. The van der Waals surface area contributed by atoms with E-state index in [-0.39, 0.29) is 19.2 Å². The first-order valence-corrected chi connectivity index (χ1v) is 28.7. The lowest BCUT2D eigenvalue weighted by atomic mass is 9.99. The zero-order valence-corrected chi connectivity index (χ0v) is 44.1. The SMILES string of the molecule is CCCCCCC/C=C\C/C=C\C/C=C\CCCCCCCCCCCCC(=O)OC(COCCCCCCCCCCCC/C=C\CCCCCCCC)COC1OC(CO)C(O)C(O)C1O. The lowest BCUT2D eigenvalue weighted by Crippen LogP contribution is -2.59. The van der Waals surface area contributed by atoms with Crippen molar-refractivity contribution in [3.63, 3.8) is 0 Å². The fraction of sp³-hybridized carbons (Fsp3) is 0.847. The number of rotatable bonds is 50. The molecule has 0 spiro atoms. The van der Waals surface area contributed by atoms with Gasteiger partial charge in [-0.1, -0.05) is 223 Å². The first-order valence-electron chi connectivity index (χ1n) is 28.7. The number of hydrogen-bond acceptors (Lipinski definition) is 9. The molecule has 0 amide bonds. The predicted octanol–water partition coefficient (Wildman–Crippen LogP) is 14.8. The molecular formula is C59H108O9. The van der Waals surface area contributed by atoms with Gasteiger partial charge in [-0.05, 0) is 77.0 Å². The molecule has 1 saturated heterocycles. The number of ether oxygens (including phenoxy) is 4. The fourth-order valence-corrected chi connectivity index (χ4v) is 8.73. The Hall–Kier alpha value is -1.85. The third kappa shape index (κ3) is 39.8. The summed E-state index contributed by atoms with van der Waals surface area (Å²) in [4.78, 5) is 12.9. The number of hydrogen-bond donors (Lipinski definition) is 4. The van der Waals surface area contributed by atoms with E-state index >= 15 is 0 Å². The summed E-state index contributed by atoms with van der Waals surface area (Å²) in [6, 6.07) is 0. The van der Waals surface area contributed by atoms with Crippen LogP contribution >= 0.6 is 0 Å². The largest absolute Gasteiger partial charge is 0.457 e. The van der Waals surface area contributed by atoms with E-state index in [2.05, 4.69) is 62.5 Å².